The Hall–Kier alpha value is -0.130. The molecule has 0 saturated carbocycles. The van der Waals surface area contributed by atoms with Crippen LogP contribution in [0.1, 0.15) is 31.4 Å². The van der Waals surface area contributed by atoms with Crippen LogP contribution in [0.15, 0.2) is 22.7 Å². The van der Waals surface area contributed by atoms with E-state index in [9.17, 15) is 0 Å². The topological polar surface area (TPSA) is 38.5 Å². The van der Waals surface area contributed by atoms with Crippen LogP contribution in [-0.2, 0) is 4.74 Å². The summed E-state index contributed by atoms with van der Waals surface area (Å²) in [5.74, 6) is 0. The lowest BCUT2D eigenvalue weighted by molar-refractivity contribution is -0.00964. The SMILES string of the molecule is CCC1COCCN1CCC(N)c1ccc(Br)cc1Cl. The molecule has 1 saturated heterocycles. The van der Waals surface area contributed by atoms with Crippen molar-refractivity contribution >= 4 is 27.5 Å². The molecule has 5 heteroatoms. The molecule has 2 N–H and O–H groups in total. The lowest BCUT2D eigenvalue weighted by atomic mass is 10.0. The minimum absolute atomic E-state index is 0.0176. The molecular formula is C15H22BrClN2O. The highest BCUT2D eigenvalue weighted by Crippen LogP contribution is 2.27. The van der Waals surface area contributed by atoms with Crippen LogP contribution >= 0.6 is 27.5 Å². The number of hydrogen-bond donors (Lipinski definition) is 1. The van der Waals surface area contributed by atoms with Crippen molar-refractivity contribution in [1.29, 1.82) is 0 Å². The predicted molar refractivity (Wildman–Crippen MR) is 87.2 cm³/mol. The zero-order valence-electron chi connectivity index (χ0n) is 11.8. The maximum absolute atomic E-state index is 6.29. The highest BCUT2D eigenvalue weighted by Gasteiger charge is 2.22. The zero-order chi connectivity index (χ0) is 14.5. The Morgan fingerprint density at radius 3 is 3.05 bits per heavy atom. The monoisotopic (exact) mass is 360 g/mol. The fourth-order valence-electron chi connectivity index (χ4n) is 2.62. The Labute approximate surface area is 134 Å². The summed E-state index contributed by atoms with van der Waals surface area (Å²) in [5.41, 5.74) is 7.32. The molecule has 2 rings (SSSR count). The molecule has 0 bridgehead atoms. The largest absolute Gasteiger partial charge is 0.378 e. The molecule has 1 heterocycles. The number of benzene rings is 1. The number of hydrogen-bond acceptors (Lipinski definition) is 3. The third-order valence-corrected chi connectivity index (χ3v) is 4.73. The van der Waals surface area contributed by atoms with E-state index in [4.69, 9.17) is 22.1 Å². The van der Waals surface area contributed by atoms with E-state index in [1.165, 1.54) is 0 Å². The van der Waals surface area contributed by atoms with Crippen molar-refractivity contribution in [3.05, 3.63) is 33.3 Å². The second-order valence-electron chi connectivity index (χ2n) is 5.23. The van der Waals surface area contributed by atoms with E-state index in [0.29, 0.717) is 6.04 Å². The van der Waals surface area contributed by atoms with Gasteiger partial charge in [0.25, 0.3) is 0 Å². The molecule has 0 spiro atoms. The number of ether oxygens (including phenoxy) is 1. The Balaban J connectivity index is 1.92. The molecule has 0 aromatic heterocycles. The number of morpholine rings is 1. The average molecular weight is 362 g/mol. The fraction of sp³-hybridized carbons (Fsp3) is 0.600. The number of nitrogens with two attached hydrogens (primary N) is 1. The average Bonchev–Trinajstić information content (AvgIpc) is 2.45. The Kier molecular flexibility index (Phi) is 6.30. The van der Waals surface area contributed by atoms with Gasteiger partial charge in [-0.25, -0.2) is 0 Å². The summed E-state index contributed by atoms with van der Waals surface area (Å²) in [4.78, 5) is 2.48. The van der Waals surface area contributed by atoms with Crippen molar-refractivity contribution in [3.8, 4) is 0 Å². The summed E-state index contributed by atoms with van der Waals surface area (Å²) in [6.07, 6.45) is 2.03. The van der Waals surface area contributed by atoms with Crippen LogP contribution in [0.4, 0.5) is 0 Å². The second kappa shape index (κ2) is 7.76. The predicted octanol–water partition coefficient (Wildman–Crippen LogP) is 3.60. The van der Waals surface area contributed by atoms with Gasteiger partial charge in [0.05, 0.1) is 13.2 Å². The smallest absolute Gasteiger partial charge is 0.0622 e. The summed E-state index contributed by atoms with van der Waals surface area (Å²) in [5, 5.41) is 0.737. The molecule has 1 fully saturated rings. The summed E-state index contributed by atoms with van der Waals surface area (Å²) in [6.45, 7) is 5.86. The zero-order valence-corrected chi connectivity index (χ0v) is 14.2. The first-order valence-corrected chi connectivity index (χ1v) is 8.31. The van der Waals surface area contributed by atoms with E-state index in [1.807, 2.05) is 18.2 Å². The minimum Gasteiger partial charge on any atom is -0.378 e. The lowest BCUT2D eigenvalue weighted by Gasteiger charge is -2.35. The molecular weight excluding hydrogens is 340 g/mol. The van der Waals surface area contributed by atoms with Crippen molar-refractivity contribution in [2.75, 3.05) is 26.3 Å². The van der Waals surface area contributed by atoms with Crippen molar-refractivity contribution in [1.82, 2.24) is 4.90 Å². The van der Waals surface area contributed by atoms with Gasteiger partial charge in [0.2, 0.25) is 0 Å². The van der Waals surface area contributed by atoms with Crippen LogP contribution in [0.2, 0.25) is 5.02 Å². The first-order valence-electron chi connectivity index (χ1n) is 7.14. The molecule has 1 aliphatic rings. The maximum Gasteiger partial charge on any atom is 0.0622 e. The van der Waals surface area contributed by atoms with E-state index < -0.39 is 0 Å². The molecule has 0 amide bonds. The van der Waals surface area contributed by atoms with E-state index in [1.54, 1.807) is 0 Å². The third-order valence-electron chi connectivity index (χ3n) is 3.91. The molecule has 0 aliphatic carbocycles. The van der Waals surface area contributed by atoms with Gasteiger partial charge in [0, 0.05) is 34.7 Å². The molecule has 1 aliphatic heterocycles. The van der Waals surface area contributed by atoms with Crippen LogP contribution in [0.3, 0.4) is 0 Å². The Morgan fingerprint density at radius 1 is 1.55 bits per heavy atom. The highest BCUT2D eigenvalue weighted by atomic mass is 79.9. The number of rotatable bonds is 5. The van der Waals surface area contributed by atoms with Gasteiger partial charge in [0.15, 0.2) is 0 Å². The molecule has 1 aromatic carbocycles. The van der Waals surface area contributed by atoms with Gasteiger partial charge < -0.3 is 10.5 Å². The lowest BCUT2D eigenvalue weighted by Crippen LogP contribution is -2.45. The van der Waals surface area contributed by atoms with E-state index in [0.717, 1.165) is 54.2 Å². The van der Waals surface area contributed by atoms with Crippen molar-refractivity contribution in [2.24, 2.45) is 5.73 Å². The molecule has 2 unspecified atom stereocenters. The first kappa shape index (κ1) is 16.2. The van der Waals surface area contributed by atoms with Crippen LogP contribution in [-0.4, -0.2) is 37.2 Å². The van der Waals surface area contributed by atoms with Crippen LogP contribution in [0, 0.1) is 0 Å². The Morgan fingerprint density at radius 2 is 2.35 bits per heavy atom. The quantitative estimate of drug-likeness (QED) is 0.871. The summed E-state index contributed by atoms with van der Waals surface area (Å²) >= 11 is 9.68. The fourth-order valence-corrected chi connectivity index (χ4v) is 3.44. The minimum atomic E-state index is -0.0176. The summed E-state index contributed by atoms with van der Waals surface area (Å²) in [6, 6.07) is 6.41. The second-order valence-corrected chi connectivity index (χ2v) is 6.56. The molecule has 20 heavy (non-hydrogen) atoms. The number of nitrogens with zero attached hydrogens (tertiary/aromatic N) is 1. The van der Waals surface area contributed by atoms with Gasteiger partial charge in [-0.15, -0.1) is 0 Å². The van der Waals surface area contributed by atoms with Gasteiger partial charge in [-0.3, -0.25) is 4.90 Å². The molecule has 1 aromatic rings. The van der Waals surface area contributed by atoms with Crippen molar-refractivity contribution in [3.63, 3.8) is 0 Å². The molecule has 2 atom stereocenters. The van der Waals surface area contributed by atoms with Gasteiger partial charge in [-0.05, 0) is 30.5 Å². The maximum atomic E-state index is 6.29. The standard InChI is InChI=1S/C15H22BrClN2O/c1-2-12-10-20-8-7-19(12)6-5-15(18)13-4-3-11(16)9-14(13)17/h3-4,9,12,15H,2,5-8,10,18H2,1H3. The highest BCUT2D eigenvalue weighted by molar-refractivity contribution is 9.10. The van der Waals surface area contributed by atoms with Crippen molar-refractivity contribution < 1.29 is 4.74 Å². The van der Waals surface area contributed by atoms with Crippen LogP contribution in [0.25, 0.3) is 0 Å². The van der Waals surface area contributed by atoms with Gasteiger partial charge in [0.1, 0.15) is 0 Å². The van der Waals surface area contributed by atoms with E-state index in [-0.39, 0.29) is 6.04 Å². The van der Waals surface area contributed by atoms with Crippen molar-refractivity contribution in [2.45, 2.75) is 31.8 Å². The normalized spacial score (nSPS) is 21.9. The van der Waals surface area contributed by atoms with E-state index >= 15 is 0 Å². The Bertz CT molecular complexity index is 444. The van der Waals surface area contributed by atoms with Gasteiger partial charge >= 0.3 is 0 Å². The summed E-state index contributed by atoms with van der Waals surface area (Å²) < 4.78 is 6.51. The molecule has 0 radical (unpaired) electrons. The third kappa shape index (κ3) is 4.18. The van der Waals surface area contributed by atoms with Gasteiger partial charge in [-0.1, -0.05) is 40.5 Å². The number of halogens is 2. The summed E-state index contributed by atoms with van der Waals surface area (Å²) in [7, 11) is 0. The van der Waals surface area contributed by atoms with E-state index in [2.05, 4.69) is 27.8 Å². The first-order chi connectivity index (χ1) is 9.61. The van der Waals surface area contributed by atoms with Gasteiger partial charge in [-0.2, -0.15) is 0 Å². The van der Waals surface area contributed by atoms with Crippen LogP contribution in [0.5, 0.6) is 0 Å². The van der Waals surface area contributed by atoms with Crippen LogP contribution < -0.4 is 5.73 Å². The molecule has 112 valence electrons. The molecule has 3 nitrogen and oxygen atoms in total.